The average Bonchev–Trinajstić information content (AvgIpc) is 2.72. The fourth-order valence-corrected chi connectivity index (χ4v) is 7.69. The van der Waals surface area contributed by atoms with Crippen LogP contribution in [0.15, 0.2) is 75.3 Å². The Morgan fingerprint density at radius 3 is 2.17 bits per heavy atom. The standard InChI is InChI=1S/C23H29NO3STe/c1-4-5-14-22(29-21-15-10-7-11-16-21)17-20(18-23(25)24(2)3)28(26,27)19-12-8-6-9-13-19/h6-13,15-17,20H,4-5,14,18H2,1-3H3/b22-17+. The van der Waals surface area contributed by atoms with Gasteiger partial charge in [0.1, 0.15) is 0 Å². The molecule has 0 saturated carbocycles. The first kappa shape index (κ1) is 23.7. The second-order valence-corrected chi connectivity index (χ2v) is 12.6. The molecule has 29 heavy (non-hydrogen) atoms. The molecule has 0 heterocycles. The number of nitrogens with zero attached hydrogens (tertiary/aromatic N) is 1. The number of hydrogen-bond acceptors (Lipinski definition) is 3. The molecule has 2 aromatic rings. The molecule has 0 aliphatic carbocycles. The summed E-state index contributed by atoms with van der Waals surface area (Å²) >= 11 is -0.686. The number of hydrogen-bond donors (Lipinski definition) is 0. The van der Waals surface area contributed by atoms with E-state index in [1.165, 1.54) is 12.1 Å². The molecule has 0 aliphatic rings. The Morgan fingerprint density at radius 2 is 1.62 bits per heavy atom. The van der Waals surface area contributed by atoms with Crippen molar-refractivity contribution in [2.24, 2.45) is 0 Å². The Hall–Kier alpha value is -1.61. The van der Waals surface area contributed by atoms with Gasteiger partial charge in [0, 0.05) is 0 Å². The molecule has 4 nitrogen and oxygen atoms in total. The van der Waals surface area contributed by atoms with E-state index in [2.05, 4.69) is 19.1 Å². The van der Waals surface area contributed by atoms with E-state index in [1.807, 2.05) is 24.3 Å². The molecule has 1 atom stereocenters. The van der Waals surface area contributed by atoms with Crippen LogP contribution in [0.3, 0.4) is 0 Å². The van der Waals surface area contributed by atoms with E-state index in [-0.39, 0.29) is 17.2 Å². The van der Waals surface area contributed by atoms with Gasteiger partial charge in [0.05, 0.1) is 0 Å². The summed E-state index contributed by atoms with van der Waals surface area (Å²) in [6, 6.07) is 18.7. The molecule has 0 fully saturated rings. The molecule has 0 aliphatic heterocycles. The van der Waals surface area contributed by atoms with Gasteiger partial charge in [-0.15, -0.1) is 0 Å². The third-order valence-electron chi connectivity index (χ3n) is 4.49. The van der Waals surface area contributed by atoms with E-state index >= 15 is 0 Å². The van der Waals surface area contributed by atoms with E-state index < -0.39 is 36.0 Å². The van der Waals surface area contributed by atoms with Crippen molar-refractivity contribution in [2.75, 3.05) is 14.1 Å². The van der Waals surface area contributed by atoms with E-state index in [0.29, 0.717) is 0 Å². The summed E-state index contributed by atoms with van der Waals surface area (Å²) in [7, 11) is -0.323. The van der Waals surface area contributed by atoms with Crippen LogP contribution in [0.25, 0.3) is 0 Å². The van der Waals surface area contributed by atoms with Crippen LogP contribution in [0.2, 0.25) is 0 Å². The fourth-order valence-electron chi connectivity index (χ4n) is 2.76. The second kappa shape index (κ2) is 11.5. The van der Waals surface area contributed by atoms with Crippen molar-refractivity contribution in [3.63, 3.8) is 0 Å². The Kier molecular flexibility index (Phi) is 9.42. The molecule has 0 spiro atoms. The third-order valence-corrected chi connectivity index (χ3v) is 9.68. The van der Waals surface area contributed by atoms with Gasteiger partial charge in [-0.25, -0.2) is 0 Å². The van der Waals surface area contributed by atoms with Gasteiger partial charge in [0.25, 0.3) is 0 Å². The topological polar surface area (TPSA) is 54.5 Å². The Balaban J connectivity index is 2.44. The summed E-state index contributed by atoms with van der Waals surface area (Å²) in [6.45, 7) is 2.13. The van der Waals surface area contributed by atoms with Gasteiger partial charge >= 0.3 is 186 Å². The van der Waals surface area contributed by atoms with Crippen molar-refractivity contribution >= 4 is 40.3 Å². The summed E-state index contributed by atoms with van der Waals surface area (Å²) in [4.78, 5) is 14.2. The van der Waals surface area contributed by atoms with Gasteiger partial charge in [-0.1, -0.05) is 0 Å². The molecule has 1 unspecified atom stereocenters. The quantitative estimate of drug-likeness (QED) is 0.446. The van der Waals surface area contributed by atoms with E-state index in [0.717, 1.165) is 19.3 Å². The van der Waals surface area contributed by atoms with E-state index in [1.54, 1.807) is 44.4 Å². The Morgan fingerprint density at radius 1 is 1.03 bits per heavy atom. The molecular weight excluding hydrogens is 498 g/mol. The molecule has 1 amide bonds. The van der Waals surface area contributed by atoms with Crippen LogP contribution >= 0.6 is 0 Å². The van der Waals surface area contributed by atoms with Crippen molar-refractivity contribution in [1.29, 1.82) is 0 Å². The first-order valence-electron chi connectivity index (χ1n) is 9.77. The van der Waals surface area contributed by atoms with Gasteiger partial charge in [0.2, 0.25) is 0 Å². The number of carbonyl (C=O) groups is 1. The molecule has 6 heteroatoms. The minimum atomic E-state index is -3.65. The average molecular weight is 527 g/mol. The fraction of sp³-hybridized carbons (Fsp3) is 0.348. The van der Waals surface area contributed by atoms with Crippen molar-refractivity contribution in [3.8, 4) is 0 Å². The summed E-state index contributed by atoms with van der Waals surface area (Å²) in [6.07, 6.45) is 4.79. The van der Waals surface area contributed by atoms with Crippen molar-refractivity contribution < 1.29 is 13.2 Å². The van der Waals surface area contributed by atoms with Crippen LogP contribution in [0.5, 0.6) is 0 Å². The molecule has 0 aromatic heterocycles. The summed E-state index contributed by atoms with van der Waals surface area (Å²) in [5.74, 6) is -0.180. The van der Waals surface area contributed by atoms with Crippen molar-refractivity contribution in [2.45, 2.75) is 42.8 Å². The molecular formula is C23H29NO3STe. The number of amides is 1. The normalized spacial score (nSPS) is 13.1. The molecule has 2 aromatic carbocycles. The zero-order chi connectivity index (χ0) is 21.3. The van der Waals surface area contributed by atoms with Crippen molar-refractivity contribution in [3.05, 3.63) is 70.4 Å². The molecule has 0 radical (unpaired) electrons. The van der Waals surface area contributed by atoms with Crippen LogP contribution in [0.4, 0.5) is 0 Å². The number of carbonyl (C=O) groups excluding carboxylic acids is 1. The summed E-state index contributed by atoms with van der Waals surface area (Å²) in [5.41, 5.74) is 0. The van der Waals surface area contributed by atoms with Gasteiger partial charge in [-0.3, -0.25) is 0 Å². The molecule has 156 valence electrons. The maximum absolute atomic E-state index is 13.4. The monoisotopic (exact) mass is 529 g/mol. The van der Waals surface area contributed by atoms with Crippen LogP contribution in [-0.2, 0) is 14.6 Å². The zero-order valence-electron chi connectivity index (χ0n) is 17.2. The predicted octanol–water partition coefficient (Wildman–Crippen LogP) is 3.41. The predicted molar refractivity (Wildman–Crippen MR) is 120 cm³/mol. The van der Waals surface area contributed by atoms with Crippen molar-refractivity contribution in [1.82, 2.24) is 4.90 Å². The first-order valence-corrected chi connectivity index (χ1v) is 13.6. The molecule has 0 saturated heterocycles. The maximum atomic E-state index is 13.4. The molecule has 2 rings (SSSR count). The number of benzene rings is 2. The number of allylic oxidation sites excluding steroid dienone is 1. The van der Waals surface area contributed by atoms with Crippen LogP contribution < -0.4 is 3.61 Å². The SMILES string of the molecule is CCCC/C(=C\C(CC(=O)N(C)C)S(=O)(=O)c1ccccc1)[Te]c1ccccc1. The van der Waals surface area contributed by atoms with Gasteiger partial charge in [-0.2, -0.15) is 0 Å². The minimum absolute atomic E-state index is 0.0401. The summed E-state index contributed by atoms with van der Waals surface area (Å²) in [5, 5.41) is -0.847. The Labute approximate surface area is 185 Å². The van der Waals surface area contributed by atoms with Gasteiger partial charge in [-0.05, 0) is 0 Å². The van der Waals surface area contributed by atoms with Crippen LogP contribution in [0.1, 0.15) is 32.6 Å². The summed E-state index contributed by atoms with van der Waals surface area (Å²) < 4.78 is 29.2. The number of unbranched alkanes of at least 4 members (excludes halogenated alkanes) is 1. The van der Waals surface area contributed by atoms with Gasteiger partial charge < -0.3 is 0 Å². The zero-order valence-corrected chi connectivity index (χ0v) is 20.4. The first-order chi connectivity index (χ1) is 13.8. The molecule has 0 bridgehead atoms. The number of rotatable bonds is 10. The van der Waals surface area contributed by atoms with Gasteiger partial charge in [0.15, 0.2) is 0 Å². The van der Waals surface area contributed by atoms with E-state index in [9.17, 15) is 13.2 Å². The second-order valence-electron chi connectivity index (χ2n) is 7.04. The Bertz CT molecular complexity index is 910. The number of sulfone groups is 1. The van der Waals surface area contributed by atoms with Crippen LogP contribution in [0, 0.1) is 0 Å². The molecule has 0 N–H and O–H groups in total. The van der Waals surface area contributed by atoms with E-state index in [4.69, 9.17) is 0 Å². The third kappa shape index (κ3) is 7.29. The van der Waals surface area contributed by atoms with Crippen LogP contribution in [-0.4, -0.2) is 59.5 Å².